The minimum Gasteiger partial charge on any atom is -0.492 e. The number of likely N-dealkylation sites (tertiary alicyclic amines) is 1. The average Bonchev–Trinajstić information content (AvgIpc) is 3.12. The lowest BCUT2D eigenvalue weighted by Crippen LogP contribution is -2.43. The molecule has 0 unspecified atom stereocenters. The van der Waals surface area contributed by atoms with Gasteiger partial charge in [0.1, 0.15) is 12.4 Å². The molecular formula is C18H28N4O3. The van der Waals surface area contributed by atoms with Gasteiger partial charge in [0, 0.05) is 26.2 Å². The highest BCUT2D eigenvalue weighted by molar-refractivity contribution is 5.79. The van der Waals surface area contributed by atoms with Gasteiger partial charge in [-0.25, -0.2) is 0 Å². The highest BCUT2D eigenvalue weighted by Crippen LogP contribution is 2.34. The Morgan fingerprint density at radius 1 is 1.12 bits per heavy atom. The molecule has 1 aromatic carbocycles. The van der Waals surface area contributed by atoms with E-state index in [1.165, 1.54) is 32.4 Å². The Bertz CT molecular complexity index is 573. The van der Waals surface area contributed by atoms with Crippen LogP contribution in [0.25, 0.3) is 0 Å². The smallest absolute Gasteiger partial charge is 0.231 e. The molecule has 7 heteroatoms. The van der Waals surface area contributed by atoms with E-state index < -0.39 is 0 Å². The molecule has 0 aromatic heterocycles. The van der Waals surface area contributed by atoms with Gasteiger partial charge in [0.05, 0.1) is 6.54 Å². The van der Waals surface area contributed by atoms with Crippen molar-refractivity contribution in [3.8, 4) is 17.2 Å². The van der Waals surface area contributed by atoms with Crippen LogP contribution in [0.2, 0.25) is 0 Å². The van der Waals surface area contributed by atoms with Crippen molar-refractivity contribution in [3.05, 3.63) is 18.2 Å². The molecule has 0 saturated carbocycles. The van der Waals surface area contributed by atoms with Crippen LogP contribution < -0.4 is 24.8 Å². The molecule has 2 aliphatic rings. The molecule has 1 aromatic rings. The quantitative estimate of drug-likeness (QED) is 0.442. The molecule has 2 N–H and O–H groups in total. The molecule has 1 saturated heterocycles. The SMILES string of the molecule is CN=C(NCCOc1ccc2c(c1)OCO2)NCCN1CCCCC1. The lowest BCUT2D eigenvalue weighted by molar-refractivity contribution is 0.173. The number of piperidine rings is 1. The summed E-state index contributed by atoms with van der Waals surface area (Å²) in [5.74, 6) is 3.09. The van der Waals surface area contributed by atoms with E-state index in [2.05, 4.69) is 20.5 Å². The minimum atomic E-state index is 0.278. The molecule has 2 heterocycles. The fourth-order valence-electron chi connectivity index (χ4n) is 3.04. The number of hydrogen-bond acceptors (Lipinski definition) is 5. The predicted octanol–water partition coefficient (Wildman–Crippen LogP) is 1.44. The summed E-state index contributed by atoms with van der Waals surface area (Å²) in [6.45, 7) is 5.91. The maximum atomic E-state index is 5.74. The van der Waals surface area contributed by atoms with Crippen molar-refractivity contribution in [1.29, 1.82) is 0 Å². The minimum absolute atomic E-state index is 0.278. The summed E-state index contributed by atoms with van der Waals surface area (Å²) < 4.78 is 16.4. The first-order chi connectivity index (χ1) is 12.3. The van der Waals surface area contributed by atoms with E-state index in [0.717, 1.165) is 36.3 Å². The van der Waals surface area contributed by atoms with Crippen LogP contribution in [0.15, 0.2) is 23.2 Å². The van der Waals surface area contributed by atoms with Crippen molar-refractivity contribution >= 4 is 5.96 Å². The standard InChI is InChI=1S/C18H28N4O3/c1-19-18(20-7-11-22-9-3-2-4-10-22)21-8-12-23-15-5-6-16-17(13-15)25-14-24-16/h5-6,13H,2-4,7-12,14H2,1H3,(H2,19,20,21). The van der Waals surface area contributed by atoms with Crippen LogP contribution in [0, 0.1) is 0 Å². The van der Waals surface area contributed by atoms with Gasteiger partial charge in [0.25, 0.3) is 0 Å². The Labute approximate surface area is 149 Å². The molecule has 0 amide bonds. The predicted molar refractivity (Wildman–Crippen MR) is 97.7 cm³/mol. The van der Waals surface area contributed by atoms with Gasteiger partial charge >= 0.3 is 0 Å². The summed E-state index contributed by atoms with van der Waals surface area (Å²) in [6, 6.07) is 5.61. The summed E-state index contributed by atoms with van der Waals surface area (Å²) in [6.07, 6.45) is 4.02. The van der Waals surface area contributed by atoms with Gasteiger partial charge in [-0.15, -0.1) is 0 Å². The third-order valence-corrected chi connectivity index (χ3v) is 4.40. The highest BCUT2D eigenvalue weighted by atomic mass is 16.7. The number of nitrogens with one attached hydrogen (secondary N) is 2. The average molecular weight is 348 g/mol. The summed E-state index contributed by atoms with van der Waals surface area (Å²) >= 11 is 0. The van der Waals surface area contributed by atoms with Crippen LogP contribution in [-0.4, -0.2) is 64.0 Å². The molecule has 25 heavy (non-hydrogen) atoms. The van der Waals surface area contributed by atoms with Gasteiger partial charge in [-0.3, -0.25) is 4.99 Å². The summed E-state index contributed by atoms with van der Waals surface area (Å²) in [4.78, 5) is 6.75. The fourth-order valence-corrected chi connectivity index (χ4v) is 3.04. The molecule has 0 radical (unpaired) electrons. The van der Waals surface area contributed by atoms with Crippen molar-refractivity contribution in [3.63, 3.8) is 0 Å². The van der Waals surface area contributed by atoms with E-state index in [-0.39, 0.29) is 6.79 Å². The van der Waals surface area contributed by atoms with E-state index in [1.54, 1.807) is 7.05 Å². The zero-order chi connectivity index (χ0) is 17.3. The lowest BCUT2D eigenvalue weighted by Gasteiger charge is -2.26. The fraction of sp³-hybridized carbons (Fsp3) is 0.611. The molecular weight excluding hydrogens is 320 g/mol. The number of fused-ring (bicyclic) bond motifs is 1. The number of hydrogen-bond donors (Lipinski definition) is 2. The van der Waals surface area contributed by atoms with Crippen LogP contribution >= 0.6 is 0 Å². The second-order valence-corrected chi connectivity index (χ2v) is 6.19. The lowest BCUT2D eigenvalue weighted by atomic mass is 10.1. The Morgan fingerprint density at radius 2 is 1.92 bits per heavy atom. The third kappa shape index (κ3) is 5.42. The second-order valence-electron chi connectivity index (χ2n) is 6.19. The molecule has 0 bridgehead atoms. The largest absolute Gasteiger partial charge is 0.492 e. The monoisotopic (exact) mass is 348 g/mol. The van der Waals surface area contributed by atoms with Gasteiger partial charge in [0.2, 0.25) is 6.79 Å². The first kappa shape index (κ1) is 17.7. The maximum Gasteiger partial charge on any atom is 0.231 e. The van der Waals surface area contributed by atoms with Gasteiger partial charge < -0.3 is 29.7 Å². The van der Waals surface area contributed by atoms with Gasteiger partial charge in [0.15, 0.2) is 17.5 Å². The Balaban J connectivity index is 1.30. The number of ether oxygens (including phenoxy) is 3. The summed E-state index contributed by atoms with van der Waals surface area (Å²) in [5, 5.41) is 6.62. The Kier molecular flexibility index (Phi) is 6.62. The molecule has 1 fully saturated rings. The van der Waals surface area contributed by atoms with Crippen molar-refractivity contribution < 1.29 is 14.2 Å². The van der Waals surface area contributed by atoms with E-state index in [9.17, 15) is 0 Å². The number of nitrogens with zero attached hydrogens (tertiary/aromatic N) is 2. The van der Waals surface area contributed by atoms with Crippen molar-refractivity contribution in [2.24, 2.45) is 4.99 Å². The Morgan fingerprint density at radius 3 is 2.76 bits per heavy atom. The van der Waals surface area contributed by atoms with Gasteiger partial charge in [-0.05, 0) is 38.1 Å². The first-order valence-electron chi connectivity index (χ1n) is 9.04. The maximum absolute atomic E-state index is 5.74. The van der Waals surface area contributed by atoms with Crippen molar-refractivity contribution in [2.45, 2.75) is 19.3 Å². The number of rotatable bonds is 7. The molecule has 138 valence electrons. The molecule has 0 atom stereocenters. The topological polar surface area (TPSA) is 67.4 Å². The van der Waals surface area contributed by atoms with E-state index in [4.69, 9.17) is 14.2 Å². The van der Waals surface area contributed by atoms with E-state index in [0.29, 0.717) is 13.2 Å². The summed E-state index contributed by atoms with van der Waals surface area (Å²) in [5.41, 5.74) is 0. The van der Waals surface area contributed by atoms with Crippen LogP contribution in [-0.2, 0) is 0 Å². The van der Waals surface area contributed by atoms with E-state index >= 15 is 0 Å². The Hall–Kier alpha value is -2.15. The van der Waals surface area contributed by atoms with Gasteiger partial charge in [-0.2, -0.15) is 0 Å². The normalized spacial score (nSPS) is 17.4. The molecule has 0 aliphatic carbocycles. The molecule has 2 aliphatic heterocycles. The third-order valence-electron chi connectivity index (χ3n) is 4.40. The van der Waals surface area contributed by atoms with E-state index in [1.807, 2.05) is 18.2 Å². The zero-order valence-corrected chi connectivity index (χ0v) is 14.9. The zero-order valence-electron chi connectivity index (χ0n) is 14.9. The van der Waals surface area contributed by atoms with Gasteiger partial charge in [-0.1, -0.05) is 6.42 Å². The molecule has 3 rings (SSSR count). The van der Waals surface area contributed by atoms with Crippen LogP contribution in [0.3, 0.4) is 0 Å². The highest BCUT2D eigenvalue weighted by Gasteiger charge is 2.13. The number of benzene rings is 1. The van der Waals surface area contributed by atoms with Crippen molar-refractivity contribution in [2.75, 3.05) is 53.2 Å². The van der Waals surface area contributed by atoms with Crippen LogP contribution in [0.4, 0.5) is 0 Å². The van der Waals surface area contributed by atoms with Crippen LogP contribution in [0.1, 0.15) is 19.3 Å². The van der Waals surface area contributed by atoms with Crippen LogP contribution in [0.5, 0.6) is 17.2 Å². The number of guanidine groups is 1. The second kappa shape index (κ2) is 9.36. The van der Waals surface area contributed by atoms with Crippen molar-refractivity contribution in [1.82, 2.24) is 15.5 Å². The first-order valence-corrected chi connectivity index (χ1v) is 9.04. The molecule has 0 spiro atoms. The summed E-state index contributed by atoms with van der Waals surface area (Å²) in [7, 11) is 1.79. The molecule has 7 nitrogen and oxygen atoms in total. The number of aliphatic imine (C=N–C) groups is 1.